The van der Waals surface area contributed by atoms with Crippen LogP contribution in [0.2, 0.25) is 0 Å². The summed E-state index contributed by atoms with van der Waals surface area (Å²) in [5.41, 5.74) is 11.8. The molecule has 2 N–H and O–H groups in total. The predicted molar refractivity (Wildman–Crippen MR) is 365 cm³/mol. The molecule has 0 atom stereocenters. The van der Waals surface area contributed by atoms with E-state index in [1.165, 1.54) is 155 Å². The van der Waals surface area contributed by atoms with E-state index in [-0.39, 0.29) is 52.5 Å². The van der Waals surface area contributed by atoms with Crippen LogP contribution in [0.15, 0.2) is 34.9 Å². The summed E-state index contributed by atoms with van der Waals surface area (Å²) in [6, 6.07) is 6.36. The van der Waals surface area contributed by atoms with Gasteiger partial charge in [-0.3, -0.25) is 0 Å². The van der Waals surface area contributed by atoms with E-state index in [2.05, 4.69) is 142 Å². The molecule has 466 valence electrons. The van der Waals surface area contributed by atoms with E-state index in [4.69, 9.17) is 15.9 Å². The number of thiophene rings is 3. The van der Waals surface area contributed by atoms with Crippen LogP contribution in [0.3, 0.4) is 0 Å². The summed E-state index contributed by atoms with van der Waals surface area (Å²) in [6.07, 6.45) is 27.7. The zero-order chi connectivity index (χ0) is 61.5. The molecule has 3 aromatic heterocycles. The number of nitrogens with zero attached hydrogens (tertiary/aromatic N) is 3. The molecule has 0 amide bonds. The van der Waals surface area contributed by atoms with Crippen LogP contribution in [0.4, 0.5) is 0 Å². The van der Waals surface area contributed by atoms with Gasteiger partial charge in [0.05, 0.1) is 26.9 Å². The number of likely N-dealkylation sites (N-methyl/N-ethyl adjacent to an activating group) is 3. The molecule has 0 bridgehead atoms. The van der Waals surface area contributed by atoms with Crippen LogP contribution >= 0.6 is 56.6 Å². The molecule has 0 radical (unpaired) electrons. The summed E-state index contributed by atoms with van der Waals surface area (Å²) in [7, 11) is 9.53. The van der Waals surface area contributed by atoms with Crippen molar-refractivity contribution in [2.75, 3.05) is 74.6 Å². The van der Waals surface area contributed by atoms with Gasteiger partial charge < -0.3 is 34.8 Å². The summed E-state index contributed by atoms with van der Waals surface area (Å²) in [5, 5.41) is 9.82. The first-order valence-electron chi connectivity index (χ1n) is 30.9. The number of carbonyl (C=O) groups excluding carboxylic acids is 2. The molecule has 3 aromatic rings. The number of halogens is 1. The van der Waals surface area contributed by atoms with Crippen molar-refractivity contribution < 1.29 is 53.3 Å². The molecule has 9 rings (SSSR count). The van der Waals surface area contributed by atoms with Crippen LogP contribution in [0.25, 0.3) is 16.7 Å². The maximum Gasteiger partial charge on any atom is 1.00 e. The monoisotopic (exact) mass is 1340 g/mol. The summed E-state index contributed by atoms with van der Waals surface area (Å²) in [4.78, 5) is 47.7. The number of carbonyl (C=O) groups is 3. The minimum Gasteiger partial charge on any atom is -0.870 e. The third-order valence-corrected chi connectivity index (χ3v) is 20.6. The molecule has 0 saturated heterocycles. The second-order valence-corrected chi connectivity index (χ2v) is 32.2. The molecule has 3 aliphatic heterocycles. The molecule has 0 aromatic carbocycles. The molecule has 10 nitrogen and oxygen atoms in total. The van der Waals surface area contributed by atoms with Crippen molar-refractivity contribution in [1.29, 1.82) is 0 Å². The van der Waals surface area contributed by atoms with Crippen molar-refractivity contribution in [1.82, 2.24) is 14.7 Å². The topological polar surface area (TPSA) is 130 Å². The SMILES string of the molecule is C#CC(C)(C)C.CN1CCC(c2cc(C#CC(C)(C)C)sc2C(=O)O)=C(C2CCCCC2)C1.COC(=O)c1sc(C#CC(C)(C)C)cc1C1=C(C2CCCCC2)CN(C)CC1.COC(=O)c1sc(I)cc1C1=C(C2CCCCC2)CN(C)CC1.[Li+].[OH-]. The Morgan fingerprint density at radius 2 is 0.837 bits per heavy atom. The molecule has 15 heteroatoms. The van der Waals surface area contributed by atoms with Crippen LogP contribution in [0, 0.1) is 72.9 Å². The number of hydrogen-bond acceptors (Lipinski definition) is 12. The third kappa shape index (κ3) is 22.5. The van der Waals surface area contributed by atoms with Crippen LogP contribution < -0.4 is 18.9 Å². The van der Waals surface area contributed by atoms with E-state index in [1.807, 2.05) is 26.8 Å². The number of hydrogen-bond donors (Lipinski definition) is 1. The minimum absolute atomic E-state index is 0. The Labute approximate surface area is 556 Å². The number of methoxy groups -OCH3 is 2. The maximum atomic E-state index is 12.5. The first-order chi connectivity index (χ1) is 39.7. The predicted octanol–water partition coefficient (Wildman–Crippen LogP) is 14.4. The largest absolute Gasteiger partial charge is 1.00 e. The van der Waals surface area contributed by atoms with Crippen LogP contribution in [-0.4, -0.2) is 118 Å². The number of esters is 2. The summed E-state index contributed by atoms with van der Waals surface area (Å²) < 4.78 is 11.3. The van der Waals surface area contributed by atoms with E-state index in [9.17, 15) is 19.5 Å². The molecular formula is C71H99ILiN3O7S3. The molecular weight excluding hydrogens is 1240 g/mol. The number of ether oxygens (including phenoxy) is 2. The molecule has 6 heterocycles. The fraction of sp³-hybridized carbons (Fsp3) is 0.620. The van der Waals surface area contributed by atoms with Gasteiger partial charge in [0.2, 0.25) is 0 Å². The summed E-state index contributed by atoms with van der Waals surface area (Å²) >= 11 is 6.68. The van der Waals surface area contributed by atoms with Crippen molar-refractivity contribution in [2.45, 2.75) is 178 Å². The van der Waals surface area contributed by atoms with Crippen molar-refractivity contribution in [3.8, 4) is 36.0 Å². The fourth-order valence-electron chi connectivity index (χ4n) is 12.3. The van der Waals surface area contributed by atoms with E-state index in [0.29, 0.717) is 27.5 Å². The van der Waals surface area contributed by atoms with E-state index >= 15 is 0 Å². The molecule has 0 spiro atoms. The first-order valence-corrected chi connectivity index (χ1v) is 34.4. The average Bonchev–Trinajstić information content (AvgIpc) is 2.90. The maximum absolute atomic E-state index is 12.5. The van der Waals surface area contributed by atoms with Crippen LogP contribution in [0.5, 0.6) is 0 Å². The Bertz CT molecular complexity index is 3040. The minimum atomic E-state index is -0.826. The number of carboxylic acids is 1. The van der Waals surface area contributed by atoms with Gasteiger partial charge in [0.25, 0.3) is 0 Å². The Kier molecular flexibility index (Phi) is 30.3. The van der Waals surface area contributed by atoms with Gasteiger partial charge in [0.15, 0.2) is 0 Å². The second-order valence-electron chi connectivity index (χ2n) is 27.2. The number of aromatic carboxylic acids is 1. The molecule has 6 aliphatic rings. The van der Waals surface area contributed by atoms with Gasteiger partial charge in [-0.1, -0.05) is 81.5 Å². The second kappa shape index (κ2) is 34.7. The number of rotatable bonds is 9. The third-order valence-electron chi connectivity index (χ3n) is 16.6. The van der Waals surface area contributed by atoms with Crippen molar-refractivity contribution in [3.05, 3.63) is 78.9 Å². The molecule has 3 saturated carbocycles. The summed E-state index contributed by atoms with van der Waals surface area (Å²) in [5.74, 6) is 16.4. The van der Waals surface area contributed by atoms with Crippen molar-refractivity contribution >= 4 is 91.2 Å². The normalized spacial score (nSPS) is 18.8. The van der Waals surface area contributed by atoms with E-state index in [1.54, 1.807) is 22.5 Å². The van der Waals surface area contributed by atoms with Gasteiger partial charge in [0, 0.05) is 72.2 Å². The Morgan fingerprint density at radius 3 is 1.14 bits per heavy atom. The Morgan fingerprint density at radius 1 is 0.535 bits per heavy atom. The van der Waals surface area contributed by atoms with Crippen molar-refractivity contribution in [2.24, 2.45) is 34.0 Å². The van der Waals surface area contributed by atoms with Gasteiger partial charge in [-0.2, -0.15) is 0 Å². The Balaban J connectivity index is 0.000000261. The Hall–Kier alpha value is -3.42. The van der Waals surface area contributed by atoms with Gasteiger partial charge in [-0.25, -0.2) is 14.4 Å². The van der Waals surface area contributed by atoms with Gasteiger partial charge >= 0.3 is 36.8 Å². The van der Waals surface area contributed by atoms with E-state index < -0.39 is 5.97 Å². The molecule has 86 heavy (non-hydrogen) atoms. The van der Waals surface area contributed by atoms with Crippen LogP contribution in [0.1, 0.15) is 233 Å². The molecule has 0 unspecified atom stereocenters. The molecule has 3 fully saturated rings. The average molecular weight is 1340 g/mol. The zero-order valence-corrected chi connectivity index (χ0v) is 59.5. The van der Waals surface area contributed by atoms with Gasteiger partial charge in [-0.15, -0.1) is 46.4 Å². The fourth-order valence-corrected chi connectivity index (χ4v) is 15.9. The van der Waals surface area contributed by atoms with E-state index in [0.717, 1.165) is 92.7 Å². The number of terminal acetylenes is 1. The standard InChI is InChI=1S/C24H33NO2S.C23H31NO2S.C18H24INO2S.C6H10.Li.H2O/c1-24(2,3)13-11-18-15-20(22(28-18)23(26)27-5)19-12-14-25(4)16-21(19)17-9-7-6-8-10-17;1-23(2,3)12-10-17-14-19(21(27-17)22(25)26)18-11-13-24(4)15-20(18)16-8-6-5-7-9-16;1-20-9-8-13(15(11-20)12-6-4-3-5-7-12)14-10-16(19)23-17(14)18(21)22-2;1-5-6(2,3)4;;/h15,17H,6-10,12,14,16H2,1-5H3;14,16H,5-9,11,13,15H2,1-4H3,(H,25,26);10,12H,3-9,11H2,1-2H3;1H,2-4H3;;1H2/q;;;;+1;/p-1. The summed E-state index contributed by atoms with van der Waals surface area (Å²) in [6.45, 7) is 24.7. The zero-order valence-electron chi connectivity index (χ0n) is 54.9. The smallest absolute Gasteiger partial charge is 0.870 e. The van der Waals surface area contributed by atoms with Gasteiger partial charge in [0.1, 0.15) is 14.6 Å². The quantitative estimate of drug-likeness (QED) is 0.0957. The van der Waals surface area contributed by atoms with Crippen molar-refractivity contribution in [3.63, 3.8) is 0 Å². The first kappa shape index (κ1) is 75.0. The molecule has 3 aliphatic carbocycles. The van der Waals surface area contributed by atoms with Crippen LogP contribution in [-0.2, 0) is 9.47 Å². The van der Waals surface area contributed by atoms with Gasteiger partial charge in [-0.05, 0) is 233 Å². The number of carboxylic acid groups (broad SMARTS) is 1.